The molecule has 0 amide bonds. The number of nitrogens with zero attached hydrogens (tertiary/aromatic N) is 1. The Balaban J connectivity index is 2.37. The molecule has 2 aromatic heterocycles. The highest BCUT2D eigenvalue weighted by atomic mass is 32.1. The average molecular weight is 199 g/mol. The summed E-state index contributed by atoms with van der Waals surface area (Å²) in [5.74, 6) is 5.93. The van der Waals surface area contributed by atoms with Crippen LogP contribution in [-0.2, 0) is 0 Å². The zero-order valence-corrected chi connectivity index (χ0v) is 8.64. The molecule has 0 aliphatic heterocycles. The molecule has 0 fully saturated rings. The first-order chi connectivity index (χ1) is 6.90. The van der Waals surface area contributed by atoms with Gasteiger partial charge in [-0.25, -0.2) is 0 Å². The average Bonchev–Trinajstić information content (AvgIpc) is 2.68. The Morgan fingerprint density at radius 2 is 2.29 bits per heavy atom. The summed E-state index contributed by atoms with van der Waals surface area (Å²) >= 11 is 1.66. The topological polar surface area (TPSA) is 12.9 Å². The fourth-order valence-corrected chi connectivity index (χ4v) is 1.99. The monoisotopic (exact) mass is 199 g/mol. The van der Waals surface area contributed by atoms with E-state index in [1.165, 1.54) is 0 Å². The smallest absolute Gasteiger partial charge is 0.0775 e. The van der Waals surface area contributed by atoms with Gasteiger partial charge in [-0.15, -0.1) is 17.3 Å². The molecular weight excluding hydrogens is 190 g/mol. The van der Waals surface area contributed by atoms with Gasteiger partial charge in [-0.05, 0) is 25.1 Å². The van der Waals surface area contributed by atoms with E-state index in [4.69, 9.17) is 0 Å². The molecule has 2 rings (SSSR count). The van der Waals surface area contributed by atoms with Crippen LogP contribution in [0.15, 0.2) is 35.8 Å². The van der Waals surface area contributed by atoms with Crippen LogP contribution in [0.25, 0.3) is 11.3 Å². The lowest BCUT2D eigenvalue weighted by Gasteiger charge is -1.92. The molecule has 0 N–H and O–H groups in total. The van der Waals surface area contributed by atoms with Gasteiger partial charge in [0.1, 0.15) is 0 Å². The fraction of sp³-hybridized carbons (Fsp3) is 0.0833. The third kappa shape index (κ3) is 1.84. The van der Waals surface area contributed by atoms with E-state index in [1.807, 2.05) is 25.1 Å². The van der Waals surface area contributed by atoms with Gasteiger partial charge in [0, 0.05) is 17.1 Å². The maximum atomic E-state index is 4.28. The molecule has 0 aliphatic rings. The lowest BCUT2D eigenvalue weighted by Crippen LogP contribution is -1.77. The number of hydrogen-bond donors (Lipinski definition) is 0. The molecule has 0 bridgehead atoms. The van der Waals surface area contributed by atoms with Gasteiger partial charge >= 0.3 is 0 Å². The van der Waals surface area contributed by atoms with Gasteiger partial charge in [0.2, 0.25) is 0 Å². The third-order valence-corrected chi connectivity index (χ3v) is 2.65. The fourth-order valence-electron chi connectivity index (χ4n) is 1.19. The zero-order chi connectivity index (χ0) is 9.80. The van der Waals surface area contributed by atoms with Crippen molar-refractivity contribution in [3.05, 3.63) is 40.7 Å². The van der Waals surface area contributed by atoms with Crippen molar-refractivity contribution in [1.29, 1.82) is 0 Å². The minimum atomic E-state index is 1.01. The van der Waals surface area contributed by atoms with E-state index in [0.717, 1.165) is 16.1 Å². The Bertz CT molecular complexity index is 474. The number of pyridine rings is 1. The van der Waals surface area contributed by atoms with Crippen LogP contribution < -0.4 is 0 Å². The van der Waals surface area contributed by atoms with Crippen molar-refractivity contribution in [2.45, 2.75) is 6.92 Å². The van der Waals surface area contributed by atoms with Crippen LogP contribution in [0.5, 0.6) is 0 Å². The molecule has 0 saturated heterocycles. The predicted molar refractivity (Wildman–Crippen MR) is 60.1 cm³/mol. The quantitative estimate of drug-likeness (QED) is 0.643. The Labute approximate surface area is 87.4 Å². The van der Waals surface area contributed by atoms with Crippen molar-refractivity contribution in [2.24, 2.45) is 0 Å². The minimum Gasteiger partial charge on any atom is -0.256 e. The first-order valence-corrected chi connectivity index (χ1v) is 5.21. The molecule has 0 spiro atoms. The van der Waals surface area contributed by atoms with Crippen LogP contribution in [-0.4, -0.2) is 4.98 Å². The third-order valence-electron chi connectivity index (χ3n) is 1.81. The molecule has 0 radical (unpaired) electrons. The molecule has 0 unspecified atom stereocenters. The lowest BCUT2D eigenvalue weighted by atomic mass is 10.2. The number of hydrogen-bond acceptors (Lipinski definition) is 2. The van der Waals surface area contributed by atoms with Crippen LogP contribution in [0.1, 0.15) is 11.8 Å². The minimum absolute atomic E-state index is 1.01. The van der Waals surface area contributed by atoms with Crippen molar-refractivity contribution in [1.82, 2.24) is 4.98 Å². The van der Waals surface area contributed by atoms with E-state index < -0.39 is 0 Å². The van der Waals surface area contributed by atoms with E-state index >= 15 is 0 Å². The van der Waals surface area contributed by atoms with Gasteiger partial charge in [-0.3, -0.25) is 4.98 Å². The van der Waals surface area contributed by atoms with E-state index in [-0.39, 0.29) is 0 Å². The summed E-state index contributed by atoms with van der Waals surface area (Å²) in [6, 6.07) is 7.99. The molecule has 2 heteroatoms. The Morgan fingerprint density at radius 1 is 1.36 bits per heavy atom. The summed E-state index contributed by atoms with van der Waals surface area (Å²) in [4.78, 5) is 5.37. The zero-order valence-electron chi connectivity index (χ0n) is 7.82. The highest BCUT2D eigenvalue weighted by molar-refractivity contribution is 7.11. The van der Waals surface area contributed by atoms with E-state index in [9.17, 15) is 0 Å². The Morgan fingerprint density at radius 3 is 3.00 bits per heavy atom. The number of rotatable bonds is 1. The lowest BCUT2D eigenvalue weighted by molar-refractivity contribution is 1.33. The van der Waals surface area contributed by atoms with E-state index in [0.29, 0.717) is 0 Å². The molecule has 2 heterocycles. The first-order valence-electron chi connectivity index (χ1n) is 4.33. The molecule has 0 saturated carbocycles. The van der Waals surface area contributed by atoms with Crippen LogP contribution in [0.4, 0.5) is 0 Å². The summed E-state index contributed by atoms with van der Waals surface area (Å²) in [7, 11) is 0. The Kier molecular flexibility index (Phi) is 2.62. The first kappa shape index (κ1) is 8.98. The molecule has 0 aliphatic carbocycles. The molecule has 0 atom stereocenters. The largest absolute Gasteiger partial charge is 0.256 e. The molecule has 0 aromatic carbocycles. The van der Waals surface area contributed by atoms with Gasteiger partial charge in [0.25, 0.3) is 0 Å². The van der Waals surface area contributed by atoms with Crippen molar-refractivity contribution in [3.63, 3.8) is 0 Å². The van der Waals surface area contributed by atoms with Gasteiger partial charge < -0.3 is 0 Å². The van der Waals surface area contributed by atoms with Crippen molar-refractivity contribution >= 4 is 11.3 Å². The molecule has 2 aromatic rings. The summed E-state index contributed by atoms with van der Waals surface area (Å²) in [6.45, 7) is 1.85. The van der Waals surface area contributed by atoms with Gasteiger partial charge in [0.05, 0.1) is 10.6 Å². The van der Waals surface area contributed by atoms with E-state index in [1.54, 1.807) is 17.5 Å². The number of thiophene rings is 1. The normalized spacial score (nSPS) is 9.21. The van der Waals surface area contributed by atoms with Gasteiger partial charge in [0.15, 0.2) is 0 Å². The van der Waals surface area contributed by atoms with Crippen LogP contribution in [0.3, 0.4) is 0 Å². The number of aromatic nitrogens is 1. The Hall–Kier alpha value is -1.59. The van der Waals surface area contributed by atoms with Gasteiger partial charge in [-0.1, -0.05) is 12.0 Å². The second-order valence-electron chi connectivity index (χ2n) is 2.79. The van der Waals surface area contributed by atoms with Crippen molar-refractivity contribution in [3.8, 4) is 23.1 Å². The summed E-state index contributed by atoms with van der Waals surface area (Å²) in [5.41, 5.74) is 2.15. The highest BCUT2D eigenvalue weighted by Crippen LogP contribution is 2.22. The second-order valence-corrected chi connectivity index (χ2v) is 3.70. The predicted octanol–water partition coefficient (Wildman–Crippen LogP) is 3.18. The summed E-state index contributed by atoms with van der Waals surface area (Å²) in [6.07, 6.45) is 1.80. The maximum Gasteiger partial charge on any atom is 0.0775 e. The SMILES string of the molecule is CC#Cc1cc(-c2ccccn2)cs1. The maximum absolute atomic E-state index is 4.28. The summed E-state index contributed by atoms with van der Waals surface area (Å²) in [5, 5.41) is 2.09. The highest BCUT2D eigenvalue weighted by Gasteiger charge is 2.00. The second kappa shape index (κ2) is 4.08. The van der Waals surface area contributed by atoms with Crippen molar-refractivity contribution in [2.75, 3.05) is 0 Å². The molecular formula is C12H9NS. The van der Waals surface area contributed by atoms with Gasteiger partial charge in [-0.2, -0.15) is 0 Å². The van der Waals surface area contributed by atoms with Crippen molar-refractivity contribution < 1.29 is 0 Å². The van der Waals surface area contributed by atoms with E-state index in [2.05, 4.69) is 28.3 Å². The van der Waals surface area contributed by atoms with Crippen LogP contribution >= 0.6 is 11.3 Å². The molecule has 1 nitrogen and oxygen atoms in total. The molecule has 14 heavy (non-hydrogen) atoms. The van der Waals surface area contributed by atoms with Crippen LogP contribution in [0, 0.1) is 11.8 Å². The van der Waals surface area contributed by atoms with Crippen LogP contribution in [0.2, 0.25) is 0 Å². The molecule has 68 valence electrons. The summed E-state index contributed by atoms with van der Waals surface area (Å²) < 4.78 is 0. The standard InChI is InChI=1S/C12H9NS/c1-2-5-11-8-10(9-14-11)12-6-3-4-7-13-12/h3-4,6-9H,1H3.